The van der Waals surface area contributed by atoms with E-state index in [1.165, 1.54) is 7.11 Å². The van der Waals surface area contributed by atoms with Gasteiger partial charge in [-0.25, -0.2) is 15.8 Å². The van der Waals surface area contributed by atoms with E-state index in [1.54, 1.807) is 18.2 Å². The number of hydrazine groups is 1. The molecule has 0 fully saturated rings. The van der Waals surface area contributed by atoms with Crippen LogP contribution in [0.2, 0.25) is 0 Å². The number of aryl methyl sites for hydroxylation is 1. The molecule has 0 unspecified atom stereocenters. The van der Waals surface area contributed by atoms with Crippen LogP contribution in [-0.4, -0.2) is 22.2 Å². The fraction of sp³-hybridized carbons (Fsp3) is 0.286. The van der Waals surface area contributed by atoms with E-state index < -0.39 is 0 Å². The van der Waals surface area contributed by atoms with Crippen LogP contribution >= 0.6 is 0 Å². The second-order valence-electron chi connectivity index (χ2n) is 4.71. The molecule has 6 nitrogen and oxygen atoms in total. The van der Waals surface area contributed by atoms with Crippen LogP contribution in [0, 0.1) is 0 Å². The van der Waals surface area contributed by atoms with E-state index >= 15 is 0 Å². The average molecular weight is 272 g/mol. The first kappa shape index (κ1) is 12.7. The standard InChI is InChI=1S/C14H16N4O2/c1-20-12-7-8(5-6-11(12)19)13-16-10-4-2-3-9(10)14(17-13)18-15/h5-7,19H,2-4,15H2,1H3,(H,16,17,18). The van der Waals surface area contributed by atoms with Crippen molar-refractivity contribution in [2.24, 2.45) is 5.84 Å². The third-order valence-corrected chi connectivity index (χ3v) is 3.51. The Hall–Kier alpha value is -2.34. The van der Waals surface area contributed by atoms with Crippen LogP contribution in [0.4, 0.5) is 5.82 Å². The second-order valence-corrected chi connectivity index (χ2v) is 4.71. The molecule has 104 valence electrons. The molecular weight excluding hydrogens is 256 g/mol. The van der Waals surface area contributed by atoms with Crippen LogP contribution in [0.3, 0.4) is 0 Å². The molecule has 20 heavy (non-hydrogen) atoms. The molecule has 3 rings (SSSR count). The summed E-state index contributed by atoms with van der Waals surface area (Å²) >= 11 is 0. The van der Waals surface area contributed by atoms with Crippen molar-refractivity contribution in [1.29, 1.82) is 0 Å². The van der Waals surface area contributed by atoms with Crippen LogP contribution < -0.4 is 16.0 Å². The quantitative estimate of drug-likeness (QED) is 0.581. The Kier molecular flexibility index (Phi) is 3.15. The van der Waals surface area contributed by atoms with Gasteiger partial charge in [0, 0.05) is 16.8 Å². The number of hydrogen-bond acceptors (Lipinski definition) is 6. The van der Waals surface area contributed by atoms with Gasteiger partial charge in [0.15, 0.2) is 17.3 Å². The average Bonchev–Trinajstić information content (AvgIpc) is 2.95. The number of methoxy groups -OCH3 is 1. The number of ether oxygens (including phenoxy) is 1. The smallest absolute Gasteiger partial charge is 0.161 e. The van der Waals surface area contributed by atoms with Gasteiger partial charge >= 0.3 is 0 Å². The van der Waals surface area contributed by atoms with Gasteiger partial charge in [-0.05, 0) is 37.5 Å². The first-order valence-electron chi connectivity index (χ1n) is 6.46. The van der Waals surface area contributed by atoms with Crippen molar-refractivity contribution < 1.29 is 9.84 Å². The number of phenols is 1. The largest absolute Gasteiger partial charge is 0.504 e. The van der Waals surface area contributed by atoms with Crippen LogP contribution in [0.25, 0.3) is 11.4 Å². The van der Waals surface area contributed by atoms with Crippen LogP contribution in [-0.2, 0) is 12.8 Å². The summed E-state index contributed by atoms with van der Waals surface area (Å²) in [5.41, 5.74) is 5.57. The van der Waals surface area contributed by atoms with Crippen molar-refractivity contribution in [3.63, 3.8) is 0 Å². The summed E-state index contributed by atoms with van der Waals surface area (Å²) in [5, 5.41) is 9.64. The van der Waals surface area contributed by atoms with Gasteiger partial charge in [0.25, 0.3) is 0 Å². The van der Waals surface area contributed by atoms with Crippen LogP contribution in [0.1, 0.15) is 17.7 Å². The Morgan fingerprint density at radius 3 is 2.90 bits per heavy atom. The summed E-state index contributed by atoms with van der Waals surface area (Å²) in [6.45, 7) is 0. The lowest BCUT2D eigenvalue weighted by molar-refractivity contribution is 0.373. The normalized spacial score (nSPS) is 13.1. The molecule has 4 N–H and O–H groups in total. The number of benzene rings is 1. The van der Waals surface area contributed by atoms with Crippen molar-refractivity contribution in [3.05, 3.63) is 29.5 Å². The number of hydrogen-bond donors (Lipinski definition) is 3. The predicted octanol–water partition coefficient (Wildman–Crippen LogP) is 1.63. The Morgan fingerprint density at radius 1 is 1.30 bits per heavy atom. The van der Waals surface area contributed by atoms with Crippen molar-refractivity contribution in [3.8, 4) is 22.9 Å². The lowest BCUT2D eigenvalue weighted by Crippen LogP contribution is -2.12. The van der Waals surface area contributed by atoms with Gasteiger partial charge < -0.3 is 15.3 Å². The summed E-state index contributed by atoms with van der Waals surface area (Å²) in [4.78, 5) is 9.05. The molecule has 2 aromatic rings. The highest BCUT2D eigenvalue weighted by molar-refractivity contribution is 5.64. The maximum absolute atomic E-state index is 9.64. The molecule has 0 amide bonds. The zero-order valence-electron chi connectivity index (χ0n) is 11.2. The predicted molar refractivity (Wildman–Crippen MR) is 75.5 cm³/mol. The van der Waals surface area contributed by atoms with Gasteiger partial charge in [-0.1, -0.05) is 0 Å². The fourth-order valence-electron chi connectivity index (χ4n) is 2.50. The first-order chi connectivity index (χ1) is 9.72. The third kappa shape index (κ3) is 2.04. The highest BCUT2D eigenvalue weighted by Gasteiger charge is 2.19. The topological polar surface area (TPSA) is 93.3 Å². The molecule has 0 bridgehead atoms. The van der Waals surface area contributed by atoms with E-state index in [2.05, 4.69) is 15.4 Å². The Labute approximate surface area is 116 Å². The number of aromatic hydroxyl groups is 1. The first-order valence-corrected chi connectivity index (χ1v) is 6.46. The molecule has 1 heterocycles. The highest BCUT2D eigenvalue weighted by atomic mass is 16.5. The minimum Gasteiger partial charge on any atom is -0.504 e. The molecule has 6 heteroatoms. The van der Waals surface area contributed by atoms with Gasteiger partial charge in [-0.3, -0.25) is 0 Å². The number of nitrogens with zero attached hydrogens (tertiary/aromatic N) is 2. The second kappa shape index (κ2) is 4.97. The monoisotopic (exact) mass is 272 g/mol. The lowest BCUT2D eigenvalue weighted by Gasteiger charge is -2.10. The number of phenolic OH excluding ortho intramolecular Hbond substituents is 1. The number of nitrogens with one attached hydrogen (secondary N) is 1. The van der Waals surface area contributed by atoms with Crippen molar-refractivity contribution >= 4 is 5.82 Å². The molecule has 1 aromatic heterocycles. The SMILES string of the molecule is COc1cc(-c2nc3c(c(NN)n2)CCC3)ccc1O. The van der Waals surface area contributed by atoms with E-state index in [9.17, 15) is 5.11 Å². The van der Waals surface area contributed by atoms with Crippen LogP contribution in [0.5, 0.6) is 11.5 Å². The fourth-order valence-corrected chi connectivity index (χ4v) is 2.50. The molecular formula is C14H16N4O2. The van der Waals surface area contributed by atoms with Gasteiger partial charge in [0.1, 0.15) is 5.82 Å². The molecule has 0 radical (unpaired) electrons. The van der Waals surface area contributed by atoms with Crippen molar-refractivity contribution in [2.45, 2.75) is 19.3 Å². The minimum atomic E-state index is 0.0922. The number of aromatic nitrogens is 2. The highest BCUT2D eigenvalue weighted by Crippen LogP contribution is 2.33. The van der Waals surface area contributed by atoms with Gasteiger partial charge in [0.05, 0.1) is 7.11 Å². The van der Waals surface area contributed by atoms with E-state index in [-0.39, 0.29) is 5.75 Å². The molecule has 1 aromatic carbocycles. The summed E-state index contributed by atoms with van der Waals surface area (Å²) in [6, 6.07) is 5.04. The maximum Gasteiger partial charge on any atom is 0.161 e. The molecule has 1 aliphatic carbocycles. The van der Waals surface area contributed by atoms with Gasteiger partial charge in [-0.2, -0.15) is 0 Å². The third-order valence-electron chi connectivity index (χ3n) is 3.51. The Bertz CT molecular complexity index is 658. The Balaban J connectivity index is 2.10. The number of nitrogen functional groups attached to an aromatic ring is 1. The molecule has 0 saturated heterocycles. The molecule has 0 aliphatic heterocycles. The van der Waals surface area contributed by atoms with Gasteiger partial charge in [0.2, 0.25) is 0 Å². The maximum atomic E-state index is 9.64. The van der Waals surface area contributed by atoms with Crippen LogP contribution in [0.15, 0.2) is 18.2 Å². The number of rotatable bonds is 3. The molecule has 0 saturated carbocycles. The summed E-state index contributed by atoms with van der Waals surface area (Å²) in [6.07, 6.45) is 2.96. The molecule has 1 aliphatic rings. The zero-order chi connectivity index (χ0) is 14.1. The number of nitrogens with two attached hydrogens (primary N) is 1. The number of anilines is 1. The van der Waals surface area contributed by atoms with Crippen molar-refractivity contribution in [1.82, 2.24) is 9.97 Å². The summed E-state index contributed by atoms with van der Waals surface area (Å²) in [5.74, 6) is 7.29. The zero-order valence-corrected chi connectivity index (χ0v) is 11.2. The summed E-state index contributed by atoms with van der Waals surface area (Å²) < 4.78 is 5.11. The lowest BCUT2D eigenvalue weighted by atomic mass is 10.1. The Morgan fingerprint density at radius 2 is 2.15 bits per heavy atom. The van der Waals surface area contributed by atoms with E-state index in [0.29, 0.717) is 17.4 Å². The van der Waals surface area contributed by atoms with Gasteiger partial charge in [-0.15, -0.1) is 0 Å². The number of fused-ring (bicyclic) bond motifs is 1. The molecule has 0 spiro atoms. The van der Waals surface area contributed by atoms with Crippen molar-refractivity contribution in [2.75, 3.05) is 12.5 Å². The summed E-state index contributed by atoms with van der Waals surface area (Å²) in [7, 11) is 1.51. The molecule has 0 atom stereocenters. The van der Waals surface area contributed by atoms with E-state index in [1.807, 2.05) is 0 Å². The van der Waals surface area contributed by atoms with E-state index in [0.717, 1.165) is 36.1 Å². The van der Waals surface area contributed by atoms with E-state index in [4.69, 9.17) is 10.6 Å². The minimum absolute atomic E-state index is 0.0922.